The van der Waals surface area contributed by atoms with Crippen LogP contribution in [0, 0.1) is 11.3 Å². The van der Waals surface area contributed by atoms with Crippen LogP contribution < -0.4 is 11.4 Å². The smallest absolute Gasteiger partial charge is 0.351 e. The normalized spacial score (nSPS) is 28.0. The Kier molecular flexibility index (Phi) is 3.93. The Bertz CT molecular complexity index is 652. The third-order valence-electron chi connectivity index (χ3n) is 3.15. The highest BCUT2D eigenvalue weighted by atomic mass is 16.6. The highest BCUT2D eigenvalue weighted by molar-refractivity contribution is 5.66. The van der Waals surface area contributed by atoms with Crippen molar-refractivity contribution in [3.63, 3.8) is 0 Å². The Morgan fingerprint density at radius 2 is 2.52 bits per heavy atom. The summed E-state index contributed by atoms with van der Waals surface area (Å²) in [6, 6.07) is 3.20. The first kappa shape index (κ1) is 15.0. The second kappa shape index (κ2) is 5.51. The van der Waals surface area contributed by atoms with Crippen LogP contribution in [0.15, 0.2) is 17.1 Å². The van der Waals surface area contributed by atoms with Gasteiger partial charge in [-0.05, 0) is 6.07 Å². The van der Waals surface area contributed by atoms with Crippen molar-refractivity contribution in [2.24, 2.45) is 0 Å². The number of aliphatic hydroxyl groups is 1. The zero-order valence-corrected chi connectivity index (χ0v) is 11.2. The summed E-state index contributed by atoms with van der Waals surface area (Å²) >= 11 is 0. The van der Waals surface area contributed by atoms with Gasteiger partial charge in [0.1, 0.15) is 30.8 Å². The molecule has 1 unspecified atom stereocenters. The quantitative estimate of drug-likeness (QED) is 0.671. The van der Waals surface area contributed by atoms with Gasteiger partial charge >= 0.3 is 11.7 Å². The molecule has 0 saturated carbocycles. The number of carbonyl (C=O) groups is 1. The van der Waals surface area contributed by atoms with Crippen LogP contribution in [0.2, 0.25) is 0 Å². The van der Waals surface area contributed by atoms with Gasteiger partial charge in [-0.1, -0.05) is 0 Å². The molecule has 1 aromatic rings. The van der Waals surface area contributed by atoms with Crippen LogP contribution >= 0.6 is 0 Å². The summed E-state index contributed by atoms with van der Waals surface area (Å²) in [5.74, 6) is -0.545. The van der Waals surface area contributed by atoms with Gasteiger partial charge in [0, 0.05) is 19.5 Å². The molecule has 1 fully saturated rings. The molecule has 9 nitrogen and oxygen atoms in total. The fraction of sp³-hybridized carbons (Fsp3) is 0.500. The van der Waals surface area contributed by atoms with E-state index in [9.17, 15) is 20.0 Å². The van der Waals surface area contributed by atoms with E-state index in [4.69, 9.17) is 15.2 Å². The molecule has 2 rings (SSSR count). The fourth-order valence-corrected chi connectivity index (χ4v) is 2.04. The molecule has 3 atom stereocenters. The van der Waals surface area contributed by atoms with Crippen molar-refractivity contribution in [2.45, 2.75) is 31.3 Å². The first-order valence-electron chi connectivity index (χ1n) is 6.13. The number of nitrogens with two attached hydrogens (primary N) is 1. The van der Waals surface area contributed by atoms with Gasteiger partial charge in [0.15, 0.2) is 0 Å². The summed E-state index contributed by atoms with van der Waals surface area (Å²) in [6.07, 6.45) is -0.756. The first-order chi connectivity index (χ1) is 9.88. The number of hydrogen-bond donors (Lipinski definition) is 2. The zero-order chi connectivity index (χ0) is 15.6. The standard InChI is InChI=1S/C12H14N4O5/c1-7(17)20-6-12(5-13)8(18)4-10(21-12)16-3-2-9(14)15-11(16)19/h2-3,8,10,18H,4,6H2,1H3,(H2,14,15,19)/t8?,10-,12-/m1/s1. The van der Waals surface area contributed by atoms with Gasteiger partial charge in [-0.25, -0.2) is 4.79 Å². The molecule has 21 heavy (non-hydrogen) atoms. The van der Waals surface area contributed by atoms with Gasteiger partial charge in [0.25, 0.3) is 0 Å². The summed E-state index contributed by atoms with van der Waals surface area (Å²) in [5.41, 5.74) is 3.02. The van der Waals surface area contributed by atoms with Gasteiger partial charge in [-0.15, -0.1) is 0 Å². The van der Waals surface area contributed by atoms with Crippen LogP contribution in [0.25, 0.3) is 0 Å². The van der Waals surface area contributed by atoms with Gasteiger partial charge in [-0.2, -0.15) is 10.2 Å². The van der Waals surface area contributed by atoms with Crippen LogP contribution in [0.3, 0.4) is 0 Å². The summed E-state index contributed by atoms with van der Waals surface area (Å²) in [4.78, 5) is 26.1. The number of nitriles is 1. The number of nitrogens with zero attached hydrogens (tertiary/aromatic N) is 3. The third kappa shape index (κ3) is 2.86. The van der Waals surface area contributed by atoms with Crippen molar-refractivity contribution < 1.29 is 19.4 Å². The van der Waals surface area contributed by atoms with Crippen molar-refractivity contribution in [2.75, 3.05) is 12.3 Å². The van der Waals surface area contributed by atoms with Crippen molar-refractivity contribution in [3.05, 3.63) is 22.7 Å². The van der Waals surface area contributed by atoms with E-state index in [0.29, 0.717) is 0 Å². The number of aliphatic hydroxyl groups excluding tert-OH is 1. The second-order valence-electron chi connectivity index (χ2n) is 4.65. The molecule has 0 bridgehead atoms. The topological polar surface area (TPSA) is 140 Å². The average Bonchev–Trinajstić information content (AvgIpc) is 2.74. The maximum absolute atomic E-state index is 11.7. The second-order valence-corrected chi connectivity index (χ2v) is 4.65. The molecule has 0 aliphatic carbocycles. The summed E-state index contributed by atoms with van der Waals surface area (Å²) in [5, 5.41) is 19.3. The molecule has 2 heterocycles. The van der Waals surface area contributed by atoms with Crippen LogP contribution in [0.1, 0.15) is 19.6 Å². The Labute approximate surface area is 119 Å². The largest absolute Gasteiger partial charge is 0.462 e. The highest BCUT2D eigenvalue weighted by Gasteiger charge is 2.50. The number of carbonyl (C=O) groups excluding carboxylic acids is 1. The van der Waals surface area contributed by atoms with Crippen LogP contribution in [0.5, 0.6) is 0 Å². The van der Waals surface area contributed by atoms with Crippen molar-refractivity contribution in [1.82, 2.24) is 9.55 Å². The number of anilines is 1. The van der Waals surface area contributed by atoms with E-state index in [1.165, 1.54) is 19.2 Å². The van der Waals surface area contributed by atoms with E-state index in [-0.39, 0.29) is 12.2 Å². The van der Waals surface area contributed by atoms with Crippen molar-refractivity contribution in [1.29, 1.82) is 5.26 Å². The predicted octanol–water partition coefficient (Wildman–Crippen LogP) is -1.07. The van der Waals surface area contributed by atoms with Crippen molar-refractivity contribution >= 4 is 11.8 Å². The van der Waals surface area contributed by atoms with E-state index in [1.807, 2.05) is 0 Å². The maximum atomic E-state index is 11.7. The minimum absolute atomic E-state index is 0.0136. The first-order valence-corrected chi connectivity index (χ1v) is 6.13. The third-order valence-corrected chi connectivity index (χ3v) is 3.15. The minimum atomic E-state index is -1.71. The highest BCUT2D eigenvalue weighted by Crippen LogP contribution is 2.36. The molecule has 0 aromatic carbocycles. The molecule has 1 aliphatic heterocycles. The number of ether oxygens (including phenoxy) is 2. The molecular weight excluding hydrogens is 280 g/mol. The van der Waals surface area contributed by atoms with E-state index in [1.54, 1.807) is 6.07 Å². The van der Waals surface area contributed by atoms with Crippen LogP contribution in [-0.2, 0) is 14.3 Å². The number of aromatic nitrogens is 2. The van der Waals surface area contributed by atoms with Crippen LogP contribution in [0.4, 0.5) is 5.82 Å². The number of nitrogen functional groups attached to an aromatic ring is 1. The Morgan fingerprint density at radius 1 is 1.81 bits per heavy atom. The summed E-state index contributed by atoms with van der Waals surface area (Å²) in [6.45, 7) is 0.756. The van der Waals surface area contributed by atoms with Crippen molar-refractivity contribution in [3.8, 4) is 6.07 Å². The lowest BCUT2D eigenvalue weighted by atomic mass is 10.00. The maximum Gasteiger partial charge on any atom is 0.351 e. The lowest BCUT2D eigenvalue weighted by molar-refractivity contribution is -0.154. The molecule has 1 aliphatic rings. The molecule has 9 heteroatoms. The molecule has 112 valence electrons. The minimum Gasteiger partial charge on any atom is -0.462 e. The number of rotatable bonds is 3. The summed E-state index contributed by atoms with van der Waals surface area (Å²) < 4.78 is 11.3. The number of esters is 1. The number of hydrogen-bond acceptors (Lipinski definition) is 8. The van der Waals surface area contributed by atoms with Gasteiger partial charge < -0.3 is 20.3 Å². The van der Waals surface area contributed by atoms with E-state index >= 15 is 0 Å². The molecule has 1 aromatic heterocycles. The van der Waals surface area contributed by atoms with Gasteiger partial charge in [0.05, 0.1) is 0 Å². The fourth-order valence-electron chi connectivity index (χ4n) is 2.04. The van der Waals surface area contributed by atoms with E-state index < -0.39 is 36.2 Å². The molecular formula is C12H14N4O5. The lowest BCUT2D eigenvalue weighted by Gasteiger charge is -2.23. The predicted molar refractivity (Wildman–Crippen MR) is 68.6 cm³/mol. The molecule has 0 amide bonds. The Balaban J connectivity index is 2.25. The van der Waals surface area contributed by atoms with E-state index in [0.717, 1.165) is 4.57 Å². The Morgan fingerprint density at radius 3 is 3.10 bits per heavy atom. The van der Waals surface area contributed by atoms with E-state index in [2.05, 4.69) is 4.98 Å². The summed E-state index contributed by atoms with van der Waals surface area (Å²) in [7, 11) is 0. The van der Waals surface area contributed by atoms with Gasteiger partial charge in [-0.3, -0.25) is 9.36 Å². The van der Waals surface area contributed by atoms with Crippen LogP contribution in [-0.4, -0.2) is 38.9 Å². The SMILES string of the molecule is CC(=O)OC[C@@]1(C#N)O[C@@H](n2ccc(N)nc2=O)CC1O. The molecule has 0 spiro atoms. The molecule has 3 N–H and O–H groups in total. The average molecular weight is 294 g/mol. The lowest BCUT2D eigenvalue weighted by Crippen LogP contribution is -2.43. The van der Waals surface area contributed by atoms with Gasteiger partial charge in [0.2, 0.25) is 5.60 Å². The molecule has 0 radical (unpaired) electrons. The molecule has 1 saturated heterocycles. The Hall–Kier alpha value is -2.44. The monoisotopic (exact) mass is 294 g/mol. The zero-order valence-electron chi connectivity index (χ0n) is 11.2.